The zero-order valence-corrected chi connectivity index (χ0v) is 12.5. The Balaban J connectivity index is 1.95. The third kappa shape index (κ3) is 1.80. The molecule has 0 N–H and O–H groups in total. The largest absolute Gasteiger partial charge is 0.464 e. The van der Waals surface area contributed by atoms with Crippen molar-refractivity contribution in [2.24, 2.45) is 0 Å². The third-order valence-corrected chi connectivity index (χ3v) is 4.54. The summed E-state index contributed by atoms with van der Waals surface area (Å²) < 4.78 is 5.86. The fourth-order valence-electron chi connectivity index (χ4n) is 3.47. The average Bonchev–Trinajstić information content (AvgIpc) is 3.05. The first-order chi connectivity index (χ1) is 11.4. The summed E-state index contributed by atoms with van der Waals surface area (Å²) in [5.74, 6) is 0. The fourth-order valence-corrected chi connectivity index (χ4v) is 3.47. The summed E-state index contributed by atoms with van der Waals surface area (Å²) in [6.07, 6.45) is 1.89. The molecule has 1 heteroatoms. The van der Waals surface area contributed by atoms with Crippen LogP contribution in [0.3, 0.4) is 0 Å². The first kappa shape index (κ1) is 12.5. The number of fused-ring (bicyclic) bond motifs is 4. The van der Waals surface area contributed by atoms with Crippen molar-refractivity contribution < 1.29 is 4.42 Å². The zero-order valence-electron chi connectivity index (χ0n) is 12.5. The maximum atomic E-state index is 5.86. The van der Waals surface area contributed by atoms with E-state index >= 15 is 0 Å². The highest BCUT2D eigenvalue weighted by Crippen LogP contribution is 2.38. The van der Waals surface area contributed by atoms with Gasteiger partial charge in [0.25, 0.3) is 0 Å². The van der Waals surface area contributed by atoms with Crippen molar-refractivity contribution >= 4 is 32.5 Å². The van der Waals surface area contributed by atoms with Gasteiger partial charge in [-0.25, -0.2) is 0 Å². The Kier molecular flexibility index (Phi) is 2.56. The van der Waals surface area contributed by atoms with Crippen LogP contribution in [0, 0.1) is 0 Å². The van der Waals surface area contributed by atoms with Crippen LogP contribution in [0.25, 0.3) is 43.6 Å². The summed E-state index contributed by atoms with van der Waals surface area (Å²) in [6, 6.07) is 27.6. The van der Waals surface area contributed by atoms with Gasteiger partial charge in [0, 0.05) is 10.9 Å². The van der Waals surface area contributed by atoms with Crippen molar-refractivity contribution in [3.8, 4) is 11.1 Å². The summed E-state index contributed by atoms with van der Waals surface area (Å²) in [5, 5.41) is 6.18. The van der Waals surface area contributed by atoms with Crippen LogP contribution in [0.4, 0.5) is 0 Å². The predicted molar refractivity (Wildman–Crippen MR) is 96.7 cm³/mol. The number of rotatable bonds is 1. The minimum atomic E-state index is 0.937. The highest BCUT2D eigenvalue weighted by molar-refractivity contribution is 6.15. The van der Waals surface area contributed by atoms with E-state index in [0.717, 1.165) is 11.1 Å². The van der Waals surface area contributed by atoms with Crippen molar-refractivity contribution in [1.29, 1.82) is 0 Å². The van der Waals surface area contributed by atoms with E-state index < -0.39 is 0 Å². The Morgan fingerprint density at radius 1 is 0.522 bits per heavy atom. The second kappa shape index (κ2) is 4.72. The Labute approximate surface area is 133 Å². The van der Waals surface area contributed by atoms with Crippen LogP contribution in [0.15, 0.2) is 89.5 Å². The molecule has 0 unspecified atom stereocenters. The highest BCUT2D eigenvalue weighted by Gasteiger charge is 2.13. The van der Waals surface area contributed by atoms with Gasteiger partial charge in [-0.05, 0) is 33.2 Å². The molecular formula is C22H14O. The van der Waals surface area contributed by atoms with Crippen LogP contribution in [0.1, 0.15) is 0 Å². The van der Waals surface area contributed by atoms with E-state index in [9.17, 15) is 0 Å². The summed E-state index contributed by atoms with van der Waals surface area (Å²) in [4.78, 5) is 0. The number of benzene rings is 4. The first-order valence-corrected chi connectivity index (χ1v) is 7.79. The summed E-state index contributed by atoms with van der Waals surface area (Å²) >= 11 is 0. The summed E-state index contributed by atoms with van der Waals surface area (Å²) in [5.41, 5.74) is 3.32. The molecule has 0 amide bonds. The molecule has 0 saturated carbocycles. The molecule has 0 atom stereocenters. The van der Waals surface area contributed by atoms with E-state index in [-0.39, 0.29) is 0 Å². The molecule has 1 heterocycles. The maximum absolute atomic E-state index is 5.86. The van der Waals surface area contributed by atoms with Gasteiger partial charge in [0.2, 0.25) is 0 Å². The predicted octanol–water partition coefficient (Wildman–Crippen LogP) is 6.41. The van der Waals surface area contributed by atoms with Crippen LogP contribution in [0.2, 0.25) is 0 Å². The van der Waals surface area contributed by atoms with Crippen LogP contribution in [0.5, 0.6) is 0 Å². The molecule has 0 spiro atoms. The highest BCUT2D eigenvalue weighted by atomic mass is 16.3. The molecule has 23 heavy (non-hydrogen) atoms. The van der Waals surface area contributed by atoms with Crippen LogP contribution >= 0.6 is 0 Å². The van der Waals surface area contributed by atoms with Crippen LogP contribution in [-0.4, -0.2) is 0 Å². The van der Waals surface area contributed by atoms with Gasteiger partial charge in [0.15, 0.2) is 0 Å². The van der Waals surface area contributed by atoms with Gasteiger partial charge < -0.3 is 4.42 Å². The van der Waals surface area contributed by atoms with Gasteiger partial charge >= 0.3 is 0 Å². The van der Waals surface area contributed by atoms with E-state index in [1.807, 2.05) is 6.26 Å². The smallest absolute Gasteiger partial charge is 0.135 e. The Morgan fingerprint density at radius 3 is 2.09 bits per heavy atom. The van der Waals surface area contributed by atoms with Gasteiger partial charge in [-0.3, -0.25) is 0 Å². The molecular weight excluding hydrogens is 280 g/mol. The van der Waals surface area contributed by atoms with Crippen molar-refractivity contribution in [2.75, 3.05) is 0 Å². The molecule has 5 rings (SSSR count). The lowest BCUT2D eigenvalue weighted by molar-refractivity contribution is 0.617. The topological polar surface area (TPSA) is 13.1 Å². The van der Waals surface area contributed by atoms with Gasteiger partial charge in [-0.2, -0.15) is 0 Å². The van der Waals surface area contributed by atoms with E-state index in [1.54, 1.807) is 0 Å². The second-order valence-electron chi connectivity index (χ2n) is 5.84. The van der Waals surface area contributed by atoms with Gasteiger partial charge in [-0.15, -0.1) is 0 Å². The zero-order chi connectivity index (χ0) is 15.2. The molecule has 5 aromatic rings. The molecule has 0 bridgehead atoms. The molecule has 0 saturated heterocycles. The molecule has 0 fully saturated rings. The molecule has 108 valence electrons. The van der Waals surface area contributed by atoms with Crippen LogP contribution in [-0.2, 0) is 0 Å². The second-order valence-corrected chi connectivity index (χ2v) is 5.84. The minimum absolute atomic E-state index is 0.937. The number of furan rings is 1. The maximum Gasteiger partial charge on any atom is 0.135 e. The standard InChI is InChI=1S/C22H14O/c1-3-9-17-15(6-1)8-5-11-19(17)20-14-23-21-13-12-16-7-2-4-10-18(16)22(20)21/h1-14H. The van der Waals surface area contributed by atoms with Gasteiger partial charge in [-0.1, -0.05) is 72.8 Å². The molecule has 1 nitrogen and oxygen atoms in total. The Hall–Kier alpha value is -3.06. The van der Waals surface area contributed by atoms with E-state index in [2.05, 4.69) is 78.9 Å². The third-order valence-electron chi connectivity index (χ3n) is 4.54. The van der Waals surface area contributed by atoms with Gasteiger partial charge in [0.1, 0.15) is 5.58 Å². The quantitative estimate of drug-likeness (QED) is 0.348. The van der Waals surface area contributed by atoms with E-state index in [1.165, 1.54) is 32.5 Å². The number of hydrogen-bond donors (Lipinski definition) is 0. The van der Waals surface area contributed by atoms with E-state index in [0.29, 0.717) is 0 Å². The molecule has 0 aliphatic heterocycles. The molecule has 1 aromatic heterocycles. The minimum Gasteiger partial charge on any atom is -0.464 e. The summed E-state index contributed by atoms with van der Waals surface area (Å²) in [7, 11) is 0. The molecule has 4 aromatic carbocycles. The van der Waals surface area contributed by atoms with Crippen molar-refractivity contribution in [3.63, 3.8) is 0 Å². The van der Waals surface area contributed by atoms with Gasteiger partial charge in [0.05, 0.1) is 6.26 Å². The lowest BCUT2D eigenvalue weighted by Gasteiger charge is -2.06. The normalized spacial score (nSPS) is 11.5. The monoisotopic (exact) mass is 294 g/mol. The van der Waals surface area contributed by atoms with Crippen LogP contribution < -0.4 is 0 Å². The fraction of sp³-hybridized carbons (Fsp3) is 0. The lowest BCUT2D eigenvalue weighted by atomic mass is 9.95. The average molecular weight is 294 g/mol. The summed E-state index contributed by atoms with van der Waals surface area (Å²) in [6.45, 7) is 0. The SMILES string of the molecule is c1ccc2c(-c3coc4ccc5ccccc5c34)cccc2c1. The molecule has 0 radical (unpaired) electrons. The van der Waals surface area contributed by atoms with Crippen molar-refractivity contribution in [3.05, 3.63) is 85.1 Å². The van der Waals surface area contributed by atoms with E-state index in [4.69, 9.17) is 4.42 Å². The number of hydrogen-bond acceptors (Lipinski definition) is 1. The van der Waals surface area contributed by atoms with Crippen molar-refractivity contribution in [2.45, 2.75) is 0 Å². The Morgan fingerprint density at radius 2 is 1.22 bits per heavy atom. The first-order valence-electron chi connectivity index (χ1n) is 7.79. The Bertz CT molecular complexity index is 1160. The lowest BCUT2D eigenvalue weighted by Crippen LogP contribution is -1.81. The molecule has 0 aliphatic carbocycles. The molecule has 0 aliphatic rings. The van der Waals surface area contributed by atoms with Crippen molar-refractivity contribution in [1.82, 2.24) is 0 Å².